The predicted molar refractivity (Wildman–Crippen MR) is 67.8 cm³/mol. The highest BCUT2D eigenvalue weighted by Crippen LogP contribution is 2.15. The van der Waals surface area contributed by atoms with Gasteiger partial charge in [-0.3, -0.25) is 0 Å². The molecule has 0 aromatic heterocycles. The van der Waals surface area contributed by atoms with E-state index in [0.717, 1.165) is 32.2 Å². The highest BCUT2D eigenvalue weighted by molar-refractivity contribution is 7.79. The summed E-state index contributed by atoms with van der Waals surface area (Å²) in [6, 6.07) is 0.990. The van der Waals surface area contributed by atoms with Gasteiger partial charge in [-0.2, -0.15) is 0 Å². The molecule has 0 aromatic rings. The maximum absolute atomic E-state index is 5.72. The van der Waals surface area contributed by atoms with E-state index in [0.29, 0.717) is 5.11 Å². The number of nitrogens with one attached hydrogen (secondary N) is 1. The van der Waals surface area contributed by atoms with E-state index < -0.39 is 8.56 Å². The topological polar surface area (TPSA) is 58.1 Å². The minimum absolute atomic E-state index is 0. The molecule has 0 heterocycles. The van der Waals surface area contributed by atoms with E-state index in [-0.39, 0.29) is 12.4 Å². The molecule has 0 bridgehead atoms. The van der Waals surface area contributed by atoms with Gasteiger partial charge in [0.05, 0.1) is 0 Å². The van der Waals surface area contributed by atoms with E-state index in [2.05, 4.69) is 17.6 Å². The second-order valence-electron chi connectivity index (χ2n) is 3.45. The van der Waals surface area contributed by atoms with Gasteiger partial charge >= 0.3 is 8.56 Å². The molecule has 0 saturated heterocycles. The lowest BCUT2D eigenvalue weighted by Gasteiger charge is -2.25. The lowest BCUT2D eigenvalue weighted by Crippen LogP contribution is -3.00. The van der Waals surface area contributed by atoms with E-state index >= 15 is 0 Å². The summed E-state index contributed by atoms with van der Waals surface area (Å²) in [5.74, 6) is 0. The zero-order valence-corrected chi connectivity index (χ0v) is 12.9. The molecule has 0 unspecified atom stereocenters. The van der Waals surface area contributed by atoms with Gasteiger partial charge in [0, 0.05) is 32.0 Å². The first-order valence-corrected chi connectivity index (χ1v) is 8.35. The first-order valence-electron chi connectivity index (χ1n) is 5.41. The largest absolute Gasteiger partial charge is 1.00 e. The second kappa shape index (κ2) is 10.4. The molecule has 0 aromatic carbocycles. The second-order valence-corrected chi connectivity index (χ2v) is 7.29. The fourth-order valence-electron chi connectivity index (χ4n) is 1.43. The van der Waals surface area contributed by atoms with Crippen LogP contribution in [0.15, 0.2) is 0 Å². The van der Waals surface area contributed by atoms with Crippen LogP contribution in [-0.4, -0.2) is 33.4 Å². The molecule has 4 nitrogen and oxygen atoms in total. The van der Waals surface area contributed by atoms with Crippen LogP contribution in [0.2, 0.25) is 12.6 Å². The highest BCUT2D eigenvalue weighted by Gasteiger charge is 2.29. The summed E-state index contributed by atoms with van der Waals surface area (Å²) in [5, 5.41) is 3.64. The molecular weight excluding hydrogens is 264 g/mol. The standard InChI is InChI=1S/C9H22N2O2SSi.ClH/c1-4-12-15(3,13-5-2)8-6-7-11-9(10)14;/h4-8H2,1-3H3,(H3,10,11,14);1H. The lowest BCUT2D eigenvalue weighted by molar-refractivity contribution is -0.215. The van der Waals surface area contributed by atoms with Crippen LogP contribution in [0.4, 0.5) is 0 Å². The van der Waals surface area contributed by atoms with Gasteiger partial charge in [0.15, 0.2) is 0 Å². The SMILES string of the molecule is CCO[Si](C)(CCCNC([NH3+])=S)OCC.[Cl-]. The zero-order chi connectivity index (χ0) is 11.7. The monoisotopic (exact) mass is 286 g/mol. The van der Waals surface area contributed by atoms with E-state index in [1.807, 2.05) is 13.8 Å². The van der Waals surface area contributed by atoms with Crippen molar-refractivity contribution in [2.24, 2.45) is 0 Å². The van der Waals surface area contributed by atoms with Gasteiger partial charge in [-0.25, -0.2) is 0 Å². The van der Waals surface area contributed by atoms with Gasteiger partial charge < -0.3 is 32.3 Å². The Morgan fingerprint density at radius 2 is 1.81 bits per heavy atom. The van der Waals surface area contributed by atoms with Crippen LogP contribution in [0.3, 0.4) is 0 Å². The first-order chi connectivity index (χ1) is 7.04. The summed E-state index contributed by atoms with van der Waals surface area (Å²) in [4.78, 5) is 0. The maximum Gasteiger partial charge on any atom is 0.334 e. The molecule has 0 radical (unpaired) electrons. The maximum atomic E-state index is 5.72. The Labute approximate surface area is 111 Å². The van der Waals surface area contributed by atoms with Crippen LogP contribution >= 0.6 is 12.2 Å². The molecule has 0 aliphatic carbocycles. The molecule has 7 heteroatoms. The van der Waals surface area contributed by atoms with Crippen molar-refractivity contribution >= 4 is 25.9 Å². The predicted octanol–water partition coefficient (Wildman–Crippen LogP) is -2.36. The molecule has 0 atom stereocenters. The van der Waals surface area contributed by atoms with E-state index in [1.165, 1.54) is 0 Å². The fourth-order valence-corrected chi connectivity index (χ4v) is 3.95. The molecule has 0 fully saturated rings. The van der Waals surface area contributed by atoms with Crippen LogP contribution in [-0.2, 0) is 8.85 Å². The normalized spacial score (nSPS) is 10.8. The van der Waals surface area contributed by atoms with Gasteiger partial charge in [-0.1, -0.05) is 0 Å². The van der Waals surface area contributed by atoms with Crippen LogP contribution < -0.4 is 23.5 Å². The Kier molecular flexibility index (Phi) is 12.2. The van der Waals surface area contributed by atoms with Crippen LogP contribution in [0.25, 0.3) is 0 Å². The molecule has 0 aliphatic rings. The zero-order valence-electron chi connectivity index (χ0n) is 10.3. The molecule has 0 saturated carbocycles. The number of halogens is 1. The van der Waals surface area contributed by atoms with Crippen molar-refractivity contribution in [3.05, 3.63) is 0 Å². The Hall–Kier alpha value is 0.277. The smallest absolute Gasteiger partial charge is 0.334 e. The average molecular weight is 287 g/mol. The third-order valence-corrected chi connectivity index (χ3v) is 5.23. The van der Waals surface area contributed by atoms with E-state index in [1.54, 1.807) is 0 Å². The number of thiocarbonyl (C=S) groups is 1. The van der Waals surface area contributed by atoms with Crippen LogP contribution in [0.1, 0.15) is 20.3 Å². The number of quaternary nitrogens is 1. The van der Waals surface area contributed by atoms with Gasteiger partial charge in [-0.15, -0.1) is 0 Å². The molecule has 4 N–H and O–H groups in total. The van der Waals surface area contributed by atoms with E-state index in [4.69, 9.17) is 21.1 Å². The summed E-state index contributed by atoms with van der Waals surface area (Å²) in [5.41, 5.74) is 3.61. The van der Waals surface area contributed by atoms with Crippen molar-refractivity contribution in [2.45, 2.75) is 32.9 Å². The van der Waals surface area contributed by atoms with Crippen molar-refractivity contribution in [1.29, 1.82) is 0 Å². The van der Waals surface area contributed by atoms with Crippen molar-refractivity contribution in [3.8, 4) is 0 Å². The van der Waals surface area contributed by atoms with Gasteiger partial charge in [-0.05, 0) is 32.9 Å². The van der Waals surface area contributed by atoms with Gasteiger partial charge in [0.25, 0.3) is 5.11 Å². The molecule has 0 rings (SSSR count). The van der Waals surface area contributed by atoms with Crippen LogP contribution in [0, 0.1) is 0 Å². The Morgan fingerprint density at radius 3 is 2.19 bits per heavy atom. The number of hydrogen-bond acceptors (Lipinski definition) is 3. The van der Waals surface area contributed by atoms with Gasteiger partial charge in [0.2, 0.25) is 0 Å². The Balaban J connectivity index is 0. The highest BCUT2D eigenvalue weighted by atomic mass is 35.5. The van der Waals surface area contributed by atoms with Crippen molar-refractivity contribution in [2.75, 3.05) is 19.8 Å². The van der Waals surface area contributed by atoms with Gasteiger partial charge in [0.1, 0.15) is 0 Å². The first kappa shape index (κ1) is 18.6. The Bertz CT molecular complexity index is 192. The minimum atomic E-state index is -1.93. The quantitative estimate of drug-likeness (QED) is 0.298. The molecule has 98 valence electrons. The summed E-state index contributed by atoms with van der Waals surface area (Å²) in [6.45, 7) is 8.43. The molecule has 0 amide bonds. The third kappa shape index (κ3) is 9.50. The average Bonchev–Trinajstić information content (AvgIpc) is 2.13. The van der Waals surface area contributed by atoms with Crippen LogP contribution in [0.5, 0.6) is 0 Å². The molecular formula is C9H23ClN2O2SSi. The Morgan fingerprint density at radius 1 is 1.31 bits per heavy atom. The van der Waals surface area contributed by atoms with Crippen molar-refractivity contribution in [3.63, 3.8) is 0 Å². The summed E-state index contributed by atoms with van der Waals surface area (Å²) < 4.78 is 11.4. The number of hydrogen-bond donors (Lipinski definition) is 2. The van der Waals surface area contributed by atoms with E-state index in [9.17, 15) is 0 Å². The lowest BCUT2D eigenvalue weighted by atomic mass is 10.5. The van der Waals surface area contributed by atoms with Crippen molar-refractivity contribution < 1.29 is 27.0 Å². The summed E-state index contributed by atoms with van der Waals surface area (Å²) >= 11 is 4.83. The fraction of sp³-hybridized carbons (Fsp3) is 0.889. The third-order valence-electron chi connectivity index (χ3n) is 2.03. The summed E-state index contributed by atoms with van der Waals surface area (Å²) in [6.07, 6.45) is 1.01. The minimum Gasteiger partial charge on any atom is -1.00 e. The molecule has 0 aliphatic heterocycles. The molecule has 16 heavy (non-hydrogen) atoms. The number of rotatable bonds is 8. The van der Waals surface area contributed by atoms with Crippen molar-refractivity contribution in [1.82, 2.24) is 5.32 Å². The summed E-state index contributed by atoms with van der Waals surface area (Å²) in [7, 11) is -1.93. The molecule has 0 spiro atoms.